The van der Waals surface area contributed by atoms with Crippen LogP contribution in [0.25, 0.3) is 0 Å². The number of para-hydroxylation sites is 1. The third-order valence-corrected chi connectivity index (χ3v) is 7.95. The Kier molecular flexibility index (Phi) is 8.32. The SMILES string of the molecule is CS(=O)(=O)N(CC(=O)Nc1ccc(S(=O)(=O)Nc2ccc(Cl)c(C(F)(F)F)c2)cc1)c1ccccc1Cl. The molecule has 0 aromatic heterocycles. The number of halogens is 5. The summed E-state index contributed by atoms with van der Waals surface area (Å²) in [7, 11) is -8.17. The van der Waals surface area contributed by atoms with E-state index in [1.54, 1.807) is 12.1 Å². The summed E-state index contributed by atoms with van der Waals surface area (Å²) in [5.74, 6) is -0.736. The number of nitrogens with one attached hydrogen (secondary N) is 2. The van der Waals surface area contributed by atoms with Gasteiger partial charge in [-0.2, -0.15) is 13.2 Å². The number of hydrogen-bond donors (Lipinski definition) is 2. The van der Waals surface area contributed by atoms with Gasteiger partial charge in [0.2, 0.25) is 15.9 Å². The minimum absolute atomic E-state index is 0.102. The van der Waals surface area contributed by atoms with E-state index in [9.17, 15) is 34.8 Å². The molecule has 0 saturated heterocycles. The maximum atomic E-state index is 13.1. The molecular weight excluding hydrogens is 578 g/mol. The summed E-state index contributed by atoms with van der Waals surface area (Å²) in [6.45, 7) is -0.609. The first-order chi connectivity index (χ1) is 17.1. The molecule has 3 aromatic carbocycles. The molecule has 0 unspecified atom stereocenters. The molecule has 0 aliphatic rings. The average molecular weight is 596 g/mol. The number of sulfonamides is 2. The predicted molar refractivity (Wildman–Crippen MR) is 136 cm³/mol. The molecule has 8 nitrogen and oxygen atoms in total. The topological polar surface area (TPSA) is 113 Å². The number of carbonyl (C=O) groups excluding carboxylic acids is 1. The standard InChI is InChI=1S/C22H18Cl2F3N3O5S2/c1-36(32,33)30(20-5-3-2-4-19(20)24)13-21(31)28-14-6-9-16(10-7-14)37(34,35)29-15-8-11-18(23)17(12-15)22(25,26)27/h2-12,29H,13H2,1H3,(H,28,31). The fourth-order valence-corrected chi connectivity index (χ4v) is 5.53. The molecule has 0 bridgehead atoms. The van der Waals surface area contributed by atoms with E-state index in [0.29, 0.717) is 6.07 Å². The van der Waals surface area contributed by atoms with Crippen LogP contribution in [0.5, 0.6) is 0 Å². The number of anilines is 3. The second-order valence-corrected chi connectivity index (χ2v) is 12.0. The first kappa shape index (κ1) is 28.6. The molecule has 15 heteroatoms. The molecule has 1 amide bonds. The van der Waals surface area contributed by atoms with Crippen LogP contribution < -0.4 is 14.3 Å². The van der Waals surface area contributed by atoms with Gasteiger partial charge in [-0.05, 0) is 54.6 Å². The fourth-order valence-electron chi connectivity index (χ4n) is 3.10. The molecular formula is C22H18Cl2F3N3O5S2. The van der Waals surface area contributed by atoms with Crippen molar-refractivity contribution in [1.29, 1.82) is 0 Å². The van der Waals surface area contributed by atoms with Crippen LogP contribution >= 0.6 is 23.2 Å². The molecule has 3 aromatic rings. The van der Waals surface area contributed by atoms with Gasteiger partial charge in [0, 0.05) is 11.4 Å². The Morgan fingerprint density at radius 2 is 1.49 bits per heavy atom. The second-order valence-electron chi connectivity index (χ2n) is 7.59. The maximum absolute atomic E-state index is 13.1. The highest BCUT2D eigenvalue weighted by Crippen LogP contribution is 2.36. The van der Waals surface area contributed by atoms with Gasteiger partial charge in [-0.25, -0.2) is 16.8 Å². The Balaban J connectivity index is 1.74. The largest absolute Gasteiger partial charge is 0.417 e. The van der Waals surface area contributed by atoms with Gasteiger partial charge in [0.25, 0.3) is 10.0 Å². The molecule has 2 N–H and O–H groups in total. The van der Waals surface area contributed by atoms with Gasteiger partial charge in [-0.3, -0.25) is 13.8 Å². The Bertz CT molecular complexity index is 1530. The Hall–Kier alpha value is -3.00. The Morgan fingerprint density at radius 1 is 0.892 bits per heavy atom. The van der Waals surface area contributed by atoms with Crippen LogP contribution in [-0.4, -0.2) is 35.5 Å². The molecule has 0 spiro atoms. The average Bonchev–Trinajstić information content (AvgIpc) is 2.78. The van der Waals surface area contributed by atoms with Gasteiger partial charge in [-0.1, -0.05) is 35.3 Å². The third-order valence-electron chi connectivity index (χ3n) is 4.78. The van der Waals surface area contributed by atoms with Crippen LogP contribution in [-0.2, 0) is 31.0 Å². The molecule has 0 radical (unpaired) electrons. The van der Waals surface area contributed by atoms with Crippen molar-refractivity contribution in [2.75, 3.05) is 27.1 Å². The van der Waals surface area contributed by atoms with Gasteiger partial charge in [0.1, 0.15) is 6.54 Å². The smallest absolute Gasteiger partial charge is 0.325 e. The fraction of sp³-hybridized carbons (Fsp3) is 0.136. The molecule has 0 saturated carbocycles. The van der Waals surface area contributed by atoms with Crippen LogP contribution in [0.1, 0.15) is 5.56 Å². The lowest BCUT2D eigenvalue weighted by molar-refractivity contribution is -0.137. The first-order valence-corrected chi connectivity index (χ1v) is 14.2. The predicted octanol–water partition coefficient (Wildman–Crippen LogP) is 5.22. The van der Waals surface area contributed by atoms with Crippen LogP contribution in [0, 0.1) is 0 Å². The van der Waals surface area contributed by atoms with Crippen LogP contribution in [0.15, 0.2) is 71.6 Å². The quantitative estimate of drug-likeness (QED) is 0.371. The number of alkyl halides is 3. The summed E-state index contributed by atoms with van der Waals surface area (Å²) in [6.07, 6.45) is -3.87. The van der Waals surface area contributed by atoms with E-state index in [-0.39, 0.29) is 27.0 Å². The number of amides is 1. The van der Waals surface area contributed by atoms with Crippen molar-refractivity contribution >= 4 is 66.2 Å². The van der Waals surface area contributed by atoms with E-state index in [1.165, 1.54) is 24.3 Å². The van der Waals surface area contributed by atoms with Crippen LogP contribution in [0.3, 0.4) is 0 Å². The summed E-state index contributed by atoms with van der Waals surface area (Å²) in [5.41, 5.74) is -1.31. The van der Waals surface area contributed by atoms with E-state index >= 15 is 0 Å². The van der Waals surface area contributed by atoms with Gasteiger partial charge >= 0.3 is 6.18 Å². The number of benzene rings is 3. The van der Waals surface area contributed by atoms with Crippen molar-refractivity contribution in [1.82, 2.24) is 0 Å². The zero-order valence-electron chi connectivity index (χ0n) is 18.8. The van der Waals surface area contributed by atoms with Crippen LogP contribution in [0.4, 0.5) is 30.2 Å². The number of rotatable bonds is 8. The van der Waals surface area contributed by atoms with E-state index in [1.807, 2.05) is 4.72 Å². The number of carbonyl (C=O) groups is 1. The molecule has 0 heterocycles. The molecule has 0 aliphatic carbocycles. The molecule has 37 heavy (non-hydrogen) atoms. The summed E-state index contributed by atoms with van der Waals surface area (Å²) in [6, 6.07) is 13.3. The normalized spacial score (nSPS) is 12.2. The van der Waals surface area contributed by atoms with Crippen molar-refractivity contribution in [3.05, 3.63) is 82.3 Å². The third kappa shape index (κ3) is 7.28. The Labute approximate surface area is 221 Å². The second kappa shape index (κ2) is 10.8. The van der Waals surface area contributed by atoms with Crippen molar-refractivity contribution in [3.8, 4) is 0 Å². The van der Waals surface area contributed by atoms with Gasteiger partial charge in [0.15, 0.2) is 0 Å². The minimum atomic E-state index is -4.78. The highest BCUT2D eigenvalue weighted by atomic mass is 35.5. The lowest BCUT2D eigenvalue weighted by Crippen LogP contribution is -2.37. The van der Waals surface area contributed by atoms with Gasteiger partial charge in [-0.15, -0.1) is 0 Å². The Morgan fingerprint density at radius 3 is 2.05 bits per heavy atom. The number of nitrogens with zero attached hydrogens (tertiary/aromatic N) is 1. The molecule has 0 aliphatic heterocycles. The van der Waals surface area contributed by atoms with Gasteiger partial charge < -0.3 is 5.32 Å². The summed E-state index contributed by atoms with van der Waals surface area (Å²) < 4.78 is 91.7. The highest BCUT2D eigenvalue weighted by Gasteiger charge is 2.33. The lowest BCUT2D eigenvalue weighted by Gasteiger charge is -2.22. The zero-order valence-corrected chi connectivity index (χ0v) is 21.9. The summed E-state index contributed by atoms with van der Waals surface area (Å²) in [4.78, 5) is 12.2. The molecule has 0 atom stereocenters. The number of hydrogen-bond acceptors (Lipinski definition) is 5. The minimum Gasteiger partial charge on any atom is -0.325 e. The first-order valence-electron chi connectivity index (χ1n) is 10.1. The van der Waals surface area contributed by atoms with E-state index in [4.69, 9.17) is 23.2 Å². The monoisotopic (exact) mass is 595 g/mol. The molecule has 0 fully saturated rings. The molecule has 3 rings (SSSR count). The maximum Gasteiger partial charge on any atom is 0.417 e. The summed E-state index contributed by atoms with van der Waals surface area (Å²) >= 11 is 11.6. The van der Waals surface area contributed by atoms with Crippen molar-refractivity contribution in [2.45, 2.75) is 11.1 Å². The van der Waals surface area contributed by atoms with Crippen molar-refractivity contribution in [3.63, 3.8) is 0 Å². The lowest BCUT2D eigenvalue weighted by atomic mass is 10.2. The van der Waals surface area contributed by atoms with E-state index in [2.05, 4.69) is 5.32 Å². The zero-order chi connectivity index (χ0) is 27.6. The van der Waals surface area contributed by atoms with Crippen molar-refractivity contribution in [2.24, 2.45) is 0 Å². The van der Waals surface area contributed by atoms with Gasteiger partial charge in [0.05, 0.1) is 32.4 Å². The van der Waals surface area contributed by atoms with Crippen molar-refractivity contribution < 1.29 is 34.8 Å². The van der Waals surface area contributed by atoms with E-state index in [0.717, 1.165) is 34.8 Å². The van der Waals surface area contributed by atoms with Crippen LogP contribution in [0.2, 0.25) is 10.0 Å². The summed E-state index contributed by atoms with van der Waals surface area (Å²) in [5, 5.41) is 1.98. The highest BCUT2D eigenvalue weighted by molar-refractivity contribution is 7.92. The van der Waals surface area contributed by atoms with E-state index < -0.39 is 49.3 Å². The molecule has 198 valence electrons.